The molecule has 3 nitrogen and oxygen atoms in total. The van der Waals surface area contributed by atoms with Crippen LogP contribution in [0.15, 0.2) is 37.2 Å². The monoisotopic (exact) mass is 369 g/mol. The molecule has 0 bridgehead atoms. The van der Waals surface area contributed by atoms with E-state index in [1.807, 2.05) is 13.0 Å². The fourth-order valence-electron chi connectivity index (χ4n) is 3.32. The van der Waals surface area contributed by atoms with Gasteiger partial charge in [-0.05, 0) is 67.0 Å². The van der Waals surface area contributed by atoms with Gasteiger partial charge in [0.2, 0.25) is 0 Å². The standard InChI is InChI=1S/C21H18F3N3/c1-13-7-8-15(21(22,23)24)9-18(13)16-5-3-4-6-17(16)20-12-26-11-19(27-20)14(2)10-25/h7-9,11-12H,2-6H2,1H3. The van der Waals surface area contributed by atoms with Gasteiger partial charge in [-0.15, -0.1) is 0 Å². The fraction of sp³-hybridized carbons (Fsp3) is 0.286. The van der Waals surface area contributed by atoms with Crippen molar-refractivity contribution in [2.24, 2.45) is 0 Å². The average molecular weight is 369 g/mol. The summed E-state index contributed by atoms with van der Waals surface area (Å²) in [6.45, 7) is 5.47. The molecular formula is C21H18F3N3. The molecule has 0 amide bonds. The van der Waals surface area contributed by atoms with Crippen molar-refractivity contribution in [1.82, 2.24) is 9.97 Å². The van der Waals surface area contributed by atoms with E-state index in [4.69, 9.17) is 5.26 Å². The number of halogens is 3. The molecule has 2 aromatic rings. The summed E-state index contributed by atoms with van der Waals surface area (Å²) >= 11 is 0. The Hall–Kier alpha value is -2.94. The SMILES string of the molecule is C=C(C#N)c1cncc(C2=C(c3cc(C(F)(F)F)ccc3C)CCCC2)n1. The molecule has 0 N–H and O–H groups in total. The van der Waals surface area contributed by atoms with Crippen LogP contribution in [0, 0.1) is 18.3 Å². The number of hydrogen-bond donors (Lipinski definition) is 0. The second-order valence-electron chi connectivity index (χ2n) is 6.57. The molecule has 1 heterocycles. The topological polar surface area (TPSA) is 49.6 Å². The van der Waals surface area contributed by atoms with Gasteiger partial charge in [0.15, 0.2) is 0 Å². The Morgan fingerprint density at radius 2 is 1.85 bits per heavy atom. The van der Waals surface area contributed by atoms with E-state index in [-0.39, 0.29) is 5.57 Å². The first kappa shape index (κ1) is 18.8. The van der Waals surface area contributed by atoms with Crippen LogP contribution in [0.25, 0.3) is 16.7 Å². The number of allylic oxidation sites excluding steroid dienone is 3. The van der Waals surface area contributed by atoms with Crippen molar-refractivity contribution in [2.45, 2.75) is 38.8 Å². The van der Waals surface area contributed by atoms with Crippen LogP contribution in [0.2, 0.25) is 0 Å². The highest BCUT2D eigenvalue weighted by molar-refractivity contribution is 5.91. The van der Waals surface area contributed by atoms with Crippen LogP contribution in [0.4, 0.5) is 13.2 Å². The summed E-state index contributed by atoms with van der Waals surface area (Å²) in [4.78, 5) is 8.63. The van der Waals surface area contributed by atoms with E-state index in [0.717, 1.165) is 35.6 Å². The first-order chi connectivity index (χ1) is 12.8. The highest BCUT2D eigenvalue weighted by atomic mass is 19.4. The lowest BCUT2D eigenvalue weighted by atomic mass is 9.83. The van der Waals surface area contributed by atoms with Gasteiger partial charge in [0.05, 0.1) is 34.9 Å². The zero-order chi connectivity index (χ0) is 19.6. The molecule has 0 atom stereocenters. The Labute approximate surface area is 155 Å². The van der Waals surface area contributed by atoms with Gasteiger partial charge in [-0.2, -0.15) is 18.4 Å². The van der Waals surface area contributed by atoms with Crippen molar-refractivity contribution in [1.29, 1.82) is 5.26 Å². The second kappa shape index (κ2) is 7.36. The maximum atomic E-state index is 13.2. The number of nitriles is 1. The zero-order valence-electron chi connectivity index (χ0n) is 14.9. The number of hydrogen-bond acceptors (Lipinski definition) is 3. The van der Waals surface area contributed by atoms with Crippen LogP contribution in [0.5, 0.6) is 0 Å². The number of alkyl halides is 3. The summed E-state index contributed by atoms with van der Waals surface area (Å²) in [5.74, 6) is 0. The average Bonchev–Trinajstić information content (AvgIpc) is 2.67. The molecule has 0 saturated carbocycles. The molecular weight excluding hydrogens is 351 g/mol. The maximum Gasteiger partial charge on any atom is 0.416 e. The summed E-state index contributed by atoms with van der Waals surface area (Å²) in [6, 6.07) is 5.79. The highest BCUT2D eigenvalue weighted by Crippen LogP contribution is 2.40. The van der Waals surface area contributed by atoms with E-state index >= 15 is 0 Å². The van der Waals surface area contributed by atoms with Crippen molar-refractivity contribution in [2.75, 3.05) is 0 Å². The molecule has 1 aliphatic carbocycles. The summed E-state index contributed by atoms with van der Waals surface area (Å²) < 4.78 is 39.6. The molecule has 0 fully saturated rings. The number of benzene rings is 1. The summed E-state index contributed by atoms with van der Waals surface area (Å²) in [5.41, 5.74) is 3.69. The molecule has 1 aliphatic rings. The minimum absolute atomic E-state index is 0.206. The third-order valence-electron chi connectivity index (χ3n) is 4.75. The van der Waals surface area contributed by atoms with Gasteiger partial charge < -0.3 is 0 Å². The second-order valence-corrected chi connectivity index (χ2v) is 6.57. The number of aryl methyl sites for hydroxylation is 1. The van der Waals surface area contributed by atoms with E-state index in [1.165, 1.54) is 18.3 Å². The molecule has 1 aromatic heterocycles. The molecule has 0 unspecified atom stereocenters. The molecule has 6 heteroatoms. The minimum Gasteiger partial charge on any atom is -0.260 e. The van der Waals surface area contributed by atoms with Gasteiger partial charge in [0.1, 0.15) is 6.07 Å². The molecule has 0 aliphatic heterocycles. The zero-order valence-corrected chi connectivity index (χ0v) is 14.9. The van der Waals surface area contributed by atoms with E-state index in [0.29, 0.717) is 29.8 Å². The highest BCUT2D eigenvalue weighted by Gasteiger charge is 2.31. The third kappa shape index (κ3) is 3.92. The Bertz CT molecular complexity index is 965. The van der Waals surface area contributed by atoms with Crippen molar-refractivity contribution in [3.63, 3.8) is 0 Å². The quantitative estimate of drug-likeness (QED) is 0.640. The molecule has 0 saturated heterocycles. The van der Waals surface area contributed by atoms with Crippen LogP contribution in [-0.4, -0.2) is 9.97 Å². The van der Waals surface area contributed by atoms with Crippen molar-refractivity contribution in [3.8, 4) is 6.07 Å². The lowest BCUT2D eigenvalue weighted by Crippen LogP contribution is -2.08. The predicted octanol–water partition coefficient (Wildman–Crippen LogP) is 5.83. The van der Waals surface area contributed by atoms with Crippen molar-refractivity contribution in [3.05, 3.63) is 65.2 Å². The Kier molecular flexibility index (Phi) is 5.13. The van der Waals surface area contributed by atoms with Crippen LogP contribution in [0.3, 0.4) is 0 Å². The third-order valence-corrected chi connectivity index (χ3v) is 4.75. The minimum atomic E-state index is -4.39. The van der Waals surface area contributed by atoms with Crippen LogP contribution < -0.4 is 0 Å². The molecule has 3 rings (SSSR count). The molecule has 0 radical (unpaired) electrons. The van der Waals surface area contributed by atoms with E-state index in [9.17, 15) is 13.2 Å². The van der Waals surface area contributed by atoms with Gasteiger partial charge in [-0.1, -0.05) is 12.6 Å². The summed E-state index contributed by atoms with van der Waals surface area (Å²) in [6.07, 6.45) is 1.91. The van der Waals surface area contributed by atoms with Crippen molar-refractivity contribution < 1.29 is 13.2 Å². The molecule has 0 spiro atoms. The van der Waals surface area contributed by atoms with Gasteiger partial charge in [0.25, 0.3) is 0 Å². The molecule has 27 heavy (non-hydrogen) atoms. The first-order valence-electron chi connectivity index (χ1n) is 8.63. The van der Waals surface area contributed by atoms with Gasteiger partial charge in [-0.3, -0.25) is 4.98 Å². The van der Waals surface area contributed by atoms with E-state index < -0.39 is 11.7 Å². The Morgan fingerprint density at radius 3 is 2.52 bits per heavy atom. The number of aromatic nitrogens is 2. The van der Waals surface area contributed by atoms with E-state index in [1.54, 1.807) is 6.20 Å². The molecule has 138 valence electrons. The lowest BCUT2D eigenvalue weighted by molar-refractivity contribution is -0.137. The number of rotatable bonds is 3. The first-order valence-corrected chi connectivity index (χ1v) is 8.63. The lowest BCUT2D eigenvalue weighted by Gasteiger charge is -2.23. The van der Waals surface area contributed by atoms with Gasteiger partial charge >= 0.3 is 6.18 Å². The predicted molar refractivity (Wildman–Crippen MR) is 98.1 cm³/mol. The summed E-state index contributed by atoms with van der Waals surface area (Å²) in [7, 11) is 0. The summed E-state index contributed by atoms with van der Waals surface area (Å²) in [5, 5.41) is 9.03. The number of nitrogens with zero attached hydrogens (tertiary/aromatic N) is 3. The maximum absolute atomic E-state index is 13.2. The Balaban J connectivity index is 2.17. The fourth-order valence-corrected chi connectivity index (χ4v) is 3.32. The van der Waals surface area contributed by atoms with Crippen LogP contribution in [-0.2, 0) is 6.18 Å². The Morgan fingerprint density at radius 1 is 1.15 bits per heavy atom. The normalized spacial score (nSPS) is 14.8. The van der Waals surface area contributed by atoms with Gasteiger partial charge in [-0.25, -0.2) is 4.98 Å². The smallest absolute Gasteiger partial charge is 0.260 e. The van der Waals surface area contributed by atoms with E-state index in [2.05, 4.69) is 16.5 Å². The van der Waals surface area contributed by atoms with Crippen molar-refractivity contribution >= 4 is 16.7 Å². The van der Waals surface area contributed by atoms with Crippen LogP contribution >= 0.6 is 0 Å². The van der Waals surface area contributed by atoms with Crippen LogP contribution in [0.1, 0.15) is 53.8 Å². The molecule has 1 aromatic carbocycles. The van der Waals surface area contributed by atoms with Gasteiger partial charge in [0, 0.05) is 0 Å². The largest absolute Gasteiger partial charge is 0.416 e.